The van der Waals surface area contributed by atoms with E-state index in [1.807, 2.05) is 30.3 Å². The van der Waals surface area contributed by atoms with Gasteiger partial charge >= 0.3 is 0 Å². The summed E-state index contributed by atoms with van der Waals surface area (Å²) in [5, 5.41) is 9.62. The lowest BCUT2D eigenvalue weighted by molar-refractivity contribution is 0.669. The monoisotopic (exact) mass is 776 g/mol. The first-order valence-corrected chi connectivity index (χ1v) is 20.7. The van der Waals surface area contributed by atoms with E-state index in [0.717, 1.165) is 72.3 Å². The molecule has 0 unspecified atom stereocenters. The van der Waals surface area contributed by atoms with Crippen LogP contribution in [0.4, 0.5) is 0 Å². The topological polar surface area (TPSA) is 38.9 Å². The zero-order chi connectivity index (χ0) is 40.3. The minimum absolute atomic E-state index is 0.680. The number of furan rings is 1. The van der Waals surface area contributed by atoms with Crippen molar-refractivity contribution in [2.75, 3.05) is 0 Å². The van der Waals surface area contributed by atoms with E-state index in [1.165, 1.54) is 43.4 Å². The van der Waals surface area contributed by atoms with Crippen molar-refractivity contribution in [1.29, 1.82) is 0 Å². The second-order valence-electron chi connectivity index (χ2n) is 15.7. The Labute approximate surface area is 352 Å². The van der Waals surface area contributed by atoms with Crippen molar-refractivity contribution in [1.82, 2.24) is 9.97 Å². The molecule has 2 heterocycles. The quantitative estimate of drug-likeness (QED) is 0.158. The first-order valence-electron chi connectivity index (χ1n) is 20.7. The molecule has 10 aromatic carbocycles. The van der Waals surface area contributed by atoms with Crippen LogP contribution >= 0.6 is 0 Å². The van der Waals surface area contributed by atoms with Gasteiger partial charge < -0.3 is 4.42 Å². The van der Waals surface area contributed by atoms with E-state index in [4.69, 9.17) is 14.4 Å². The Morgan fingerprint density at radius 2 is 0.721 bits per heavy atom. The maximum Gasteiger partial charge on any atom is 0.160 e. The van der Waals surface area contributed by atoms with Crippen LogP contribution in [0.2, 0.25) is 0 Å². The second-order valence-corrected chi connectivity index (χ2v) is 15.7. The Hall–Kier alpha value is -8.14. The minimum Gasteiger partial charge on any atom is -0.456 e. The van der Waals surface area contributed by atoms with Gasteiger partial charge in [0, 0.05) is 27.5 Å². The third-order valence-electron chi connectivity index (χ3n) is 12.1. The smallest absolute Gasteiger partial charge is 0.160 e. The molecule has 0 saturated carbocycles. The van der Waals surface area contributed by atoms with Crippen LogP contribution in [-0.2, 0) is 0 Å². The van der Waals surface area contributed by atoms with E-state index in [2.05, 4.69) is 188 Å². The standard InChI is InChI=1S/C58H36N2O/c1-3-15-37(16-4-1)44-19-7-8-20-45(44)42-31-41(39-28-30-57-53(34-39)51-25-13-14-26-56(51)61-57)32-43(33-42)55-36-54(59-58(60-55)38-17-5-2-6-18-38)40-27-29-50-48-23-10-9-21-46(48)47-22-11-12-24-49(47)52(50)35-40/h1-36H. The highest BCUT2D eigenvalue weighted by Crippen LogP contribution is 2.41. The highest BCUT2D eigenvalue weighted by molar-refractivity contribution is 6.25. The summed E-state index contributed by atoms with van der Waals surface area (Å²) in [6.45, 7) is 0. The molecular formula is C58H36N2O. The van der Waals surface area contributed by atoms with E-state index in [0.29, 0.717) is 5.82 Å². The molecule has 0 radical (unpaired) electrons. The summed E-state index contributed by atoms with van der Waals surface area (Å²) in [7, 11) is 0. The molecule has 0 saturated heterocycles. The van der Waals surface area contributed by atoms with Crippen molar-refractivity contribution < 1.29 is 4.42 Å². The van der Waals surface area contributed by atoms with Gasteiger partial charge in [0.1, 0.15) is 11.2 Å². The van der Waals surface area contributed by atoms with E-state index in [-0.39, 0.29) is 0 Å². The molecule has 3 heteroatoms. The Kier molecular flexibility index (Phi) is 8.17. The number of para-hydroxylation sites is 1. The molecule has 0 atom stereocenters. The fourth-order valence-corrected chi connectivity index (χ4v) is 9.13. The van der Waals surface area contributed by atoms with Gasteiger partial charge in [0.2, 0.25) is 0 Å². The zero-order valence-corrected chi connectivity index (χ0v) is 33.1. The Morgan fingerprint density at radius 1 is 0.246 bits per heavy atom. The SMILES string of the molecule is c1ccc(-c2nc(-c3cc(-c4ccc5oc6ccccc6c5c4)cc(-c4ccccc4-c4ccccc4)c3)cc(-c3ccc4c5ccccc5c5ccccc5c4c3)n2)cc1. The van der Waals surface area contributed by atoms with Crippen LogP contribution in [0.25, 0.3) is 122 Å². The molecule has 3 nitrogen and oxygen atoms in total. The molecule has 0 amide bonds. The Morgan fingerprint density at radius 3 is 1.43 bits per heavy atom. The molecule has 0 N–H and O–H groups in total. The van der Waals surface area contributed by atoms with Crippen molar-refractivity contribution in [2.24, 2.45) is 0 Å². The van der Waals surface area contributed by atoms with Gasteiger partial charge in [0.25, 0.3) is 0 Å². The minimum atomic E-state index is 0.680. The predicted molar refractivity (Wildman–Crippen MR) is 254 cm³/mol. The average Bonchev–Trinajstić information content (AvgIpc) is 3.72. The van der Waals surface area contributed by atoms with Gasteiger partial charge in [0.05, 0.1) is 11.4 Å². The highest BCUT2D eigenvalue weighted by Gasteiger charge is 2.17. The van der Waals surface area contributed by atoms with Crippen molar-refractivity contribution in [3.63, 3.8) is 0 Å². The summed E-state index contributed by atoms with van der Waals surface area (Å²) in [6, 6.07) is 77.7. The van der Waals surface area contributed by atoms with Gasteiger partial charge in [0.15, 0.2) is 5.82 Å². The summed E-state index contributed by atoms with van der Waals surface area (Å²) < 4.78 is 6.26. The normalized spacial score (nSPS) is 11.6. The number of aromatic nitrogens is 2. The number of nitrogens with zero attached hydrogens (tertiary/aromatic N) is 2. The molecule has 12 rings (SSSR count). The first-order chi connectivity index (χ1) is 30.2. The van der Waals surface area contributed by atoms with Gasteiger partial charge in [-0.25, -0.2) is 9.97 Å². The Bertz CT molecular complexity index is 3610. The molecule has 0 spiro atoms. The maximum absolute atomic E-state index is 6.26. The van der Waals surface area contributed by atoms with Crippen LogP contribution in [0, 0.1) is 0 Å². The fourth-order valence-electron chi connectivity index (χ4n) is 9.13. The number of hydrogen-bond donors (Lipinski definition) is 0. The molecule has 284 valence electrons. The molecule has 0 aliphatic rings. The first kappa shape index (κ1) is 34.9. The van der Waals surface area contributed by atoms with Gasteiger partial charge in [-0.3, -0.25) is 0 Å². The van der Waals surface area contributed by atoms with Crippen LogP contribution in [0.3, 0.4) is 0 Å². The van der Waals surface area contributed by atoms with E-state index in [1.54, 1.807) is 0 Å². The molecule has 61 heavy (non-hydrogen) atoms. The third kappa shape index (κ3) is 6.06. The van der Waals surface area contributed by atoms with Crippen molar-refractivity contribution >= 4 is 54.3 Å². The third-order valence-corrected chi connectivity index (χ3v) is 12.1. The molecule has 12 aromatic rings. The summed E-state index contributed by atoms with van der Waals surface area (Å²) in [4.78, 5) is 10.7. The van der Waals surface area contributed by atoms with Crippen molar-refractivity contribution in [3.05, 3.63) is 218 Å². The summed E-state index contributed by atoms with van der Waals surface area (Å²) in [6.07, 6.45) is 0. The van der Waals surface area contributed by atoms with Crippen LogP contribution in [-0.4, -0.2) is 9.97 Å². The van der Waals surface area contributed by atoms with Crippen LogP contribution in [0.5, 0.6) is 0 Å². The van der Waals surface area contributed by atoms with E-state index < -0.39 is 0 Å². The van der Waals surface area contributed by atoms with Crippen molar-refractivity contribution in [2.45, 2.75) is 0 Å². The van der Waals surface area contributed by atoms with E-state index in [9.17, 15) is 0 Å². The molecular weight excluding hydrogens is 741 g/mol. The number of fused-ring (bicyclic) bond motifs is 9. The lowest BCUT2D eigenvalue weighted by Crippen LogP contribution is -1.97. The second kappa shape index (κ2) is 14.3. The predicted octanol–water partition coefficient (Wildman–Crippen LogP) is 15.8. The summed E-state index contributed by atoms with van der Waals surface area (Å²) in [5.41, 5.74) is 13.3. The summed E-state index contributed by atoms with van der Waals surface area (Å²) >= 11 is 0. The lowest BCUT2D eigenvalue weighted by atomic mass is 9.90. The van der Waals surface area contributed by atoms with Gasteiger partial charge in [-0.1, -0.05) is 170 Å². The fraction of sp³-hybridized carbons (Fsp3) is 0. The molecule has 0 bridgehead atoms. The van der Waals surface area contributed by atoms with Gasteiger partial charge in [-0.2, -0.15) is 0 Å². The molecule has 0 aliphatic heterocycles. The Balaban J connectivity index is 1.10. The molecule has 0 fully saturated rings. The lowest BCUT2D eigenvalue weighted by Gasteiger charge is -2.16. The summed E-state index contributed by atoms with van der Waals surface area (Å²) in [5.74, 6) is 0.680. The van der Waals surface area contributed by atoms with Crippen molar-refractivity contribution in [3.8, 4) is 67.3 Å². The number of rotatable bonds is 6. The average molecular weight is 777 g/mol. The molecule has 0 aliphatic carbocycles. The zero-order valence-electron chi connectivity index (χ0n) is 33.1. The maximum atomic E-state index is 6.26. The number of benzene rings is 10. The van der Waals surface area contributed by atoms with E-state index >= 15 is 0 Å². The largest absolute Gasteiger partial charge is 0.456 e. The number of hydrogen-bond acceptors (Lipinski definition) is 3. The van der Waals surface area contributed by atoms with Gasteiger partial charge in [-0.15, -0.1) is 0 Å². The van der Waals surface area contributed by atoms with Crippen LogP contribution in [0.15, 0.2) is 223 Å². The van der Waals surface area contributed by atoms with Crippen LogP contribution in [0.1, 0.15) is 0 Å². The molecule has 2 aromatic heterocycles. The van der Waals surface area contributed by atoms with Gasteiger partial charge in [-0.05, 0) is 114 Å². The highest BCUT2D eigenvalue weighted by atomic mass is 16.3. The van der Waals surface area contributed by atoms with Crippen LogP contribution < -0.4 is 0 Å².